The van der Waals surface area contributed by atoms with E-state index >= 15 is 0 Å². The number of nitriles is 1. The average Bonchev–Trinajstić information content (AvgIpc) is 2.65. The molecule has 16 heavy (non-hydrogen) atoms. The van der Waals surface area contributed by atoms with Crippen LogP contribution in [-0.2, 0) is 6.54 Å². The first-order valence-corrected chi connectivity index (χ1v) is 6.37. The zero-order valence-electron chi connectivity index (χ0n) is 9.49. The van der Waals surface area contributed by atoms with Crippen LogP contribution in [0.3, 0.4) is 0 Å². The number of aliphatic hydroxyl groups is 1. The normalized spacial score (nSPS) is 14.4. The van der Waals surface area contributed by atoms with Gasteiger partial charge in [0.15, 0.2) is 0 Å². The zero-order valence-corrected chi connectivity index (χ0v) is 10.3. The predicted octanol–water partition coefficient (Wildman–Crippen LogP) is 1.35. The second-order valence-electron chi connectivity index (χ2n) is 3.91. The Morgan fingerprint density at radius 3 is 2.94 bits per heavy atom. The van der Waals surface area contributed by atoms with E-state index in [1.54, 1.807) is 30.8 Å². The molecular weight excluding hydrogens is 224 g/mol. The summed E-state index contributed by atoms with van der Waals surface area (Å²) >= 11 is 1.61. The maximum Gasteiger partial charge on any atom is 0.203 e. The van der Waals surface area contributed by atoms with E-state index in [1.807, 2.05) is 12.3 Å². The van der Waals surface area contributed by atoms with Gasteiger partial charge in [-0.25, -0.2) is 0 Å². The molecule has 0 spiro atoms. The number of furan rings is 1. The first kappa shape index (κ1) is 13.1. The van der Waals surface area contributed by atoms with Gasteiger partial charge in [-0.3, -0.25) is 0 Å². The molecule has 1 heterocycles. The molecule has 88 valence electrons. The molecule has 1 aromatic rings. The quantitative estimate of drug-likeness (QED) is 0.785. The Hall–Kier alpha value is -0.960. The third-order valence-corrected chi connectivity index (χ3v) is 2.94. The van der Waals surface area contributed by atoms with Gasteiger partial charge >= 0.3 is 0 Å². The Balaban J connectivity index is 2.33. The van der Waals surface area contributed by atoms with Crippen molar-refractivity contribution >= 4 is 11.8 Å². The molecule has 2 N–H and O–H groups in total. The summed E-state index contributed by atoms with van der Waals surface area (Å²) in [6.07, 6.45) is 1.96. The molecule has 0 aliphatic carbocycles. The highest BCUT2D eigenvalue weighted by molar-refractivity contribution is 7.98. The zero-order chi connectivity index (χ0) is 12.0. The molecule has 0 bridgehead atoms. The molecule has 0 saturated carbocycles. The van der Waals surface area contributed by atoms with E-state index < -0.39 is 5.60 Å². The molecule has 1 rings (SSSR count). The van der Waals surface area contributed by atoms with Crippen LogP contribution in [0.2, 0.25) is 0 Å². The second-order valence-corrected chi connectivity index (χ2v) is 4.78. The van der Waals surface area contributed by atoms with E-state index in [-0.39, 0.29) is 0 Å². The summed E-state index contributed by atoms with van der Waals surface area (Å²) in [7, 11) is 0. The molecule has 0 aliphatic rings. The Kier molecular flexibility index (Phi) is 4.87. The minimum absolute atomic E-state index is 0.313. The minimum Gasteiger partial charge on any atom is -0.449 e. The van der Waals surface area contributed by atoms with Gasteiger partial charge in [0.25, 0.3) is 0 Å². The average molecular weight is 240 g/mol. The van der Waals surface area contributed by atoms with Crippen LogP contribution < -0.4 is 5.32 Å². The Morgan fingerprint density at radius 1 is 1.62 bits per heavy atom. The summed E-state index contributed by atoms with van der Waals surface area (Å²) in [6, 6.07) is 5.32. The summed E-state index contributed by atoms with van der Waals surface area (Å²) in [4.78, 5) is 0. The van der Waals surface area contributed by atoms with Crippen LogP contribution in [-0.4, -0.2) is 29.3 Å². The van der Waals surface area contributed by atoms with Crippen molar-refractivity contribution in [1.29, 1.82) is 5.26 Å². The topological polar surface area (TPSA) is 69.2 Å². The van der Waals surface area contributed by atoms with Crippen molar-refractivity contribution in [2.24, 2.45) is 0 Å². The molecule has 4 nitrogen and oxygen atoms in total. The van der Waals surface area contributed by atoms with Crippen LogP contribution in [0.5, 0.6) is 0 Å². The third-order valence-electron chi connectivity index (χ3n) is 2.03. The van der Waals surface area contributed by atoms with E-state index in [0.717, 1.165) is 0 Å². The molecule has 0 aliphatic heterocycles. The van der Waals surface area contributed by atoms with E-state index in [2.05, 4.69) is 5.32 Å². The van der Waals surface area contributed by atoms with E-state index in [9.17, 15) is 5.11 Å². The molecule has 1 atom stereocenters. The number of nitrogens with zero attached hydrogens (tertiary/aromatic N) is 1. The largest absolute Gasteiger partial charge is 0.449 e. The standard InChI is InChI=1S/C11H16N2O2S/c1-11(14,8-16-2)7-13-6-10-4-3-9(5-12)15-10/h3-4,13-14H,6-8H2,1-2H3. The van der Waals surface area contributed by atoms with Gasteiger partial charge in [-0.1, -0.05) is 0 Å². The summed E-state index contributed by atoms with van der Waals surface area (Å²) in [5.74, 6) is 1.70. The Bertz CT molecular complexity index is 368. The lowest BCUT2D eigenvalue weighted by atomic mass is 10.1. The van der Waals surface area contributed by atoms with Gasteiger partial charge in [0.2, 0.25) is 5.76 Å². The maximum absolute atomic E-state index is 9.88. The Morgan fingerprint density at radius 2 is 2.38 bits per heavy atom. The molecule has 0 aromatic carbocycles. The number of thioether (sulfide) groups is 1. The first-order chi connectivity index (χ1) is 7.57. The molecule has 5 heteroatoms. The lowest BCUT2D eigenvalue weighted by molar-refractivity contribution is 0.0840. The van der Waals surface area contributed by atoms with Crippen molar-refractivity contribution in [3.8, 4) is 6.07 Å². The number of nitrogens with one attached hydrogen (secondary N) is 1. The third kappa shape index (κ3) is 4.27. The van der Waals surface area contributed by atoms with Crippen LogP contribution in [0, 0.1) is 11.3 Å². The highest BCUT2D eigenvalue weighted by Gasteiger charge is 2.18. The molecule has 0 amide bonds. The van der Waals surface area contributed by atoms with Crippen LogP contribution in [0.1, 0.15) is 18.4 Å². The SMILES string of the molecule is CSCC(C)(O)CNCc1ccc(C#N)o1. The molecule has 1 aromatic heterocycles. The predicted molar refractivity (Wildman–Crippen MR) is 64.1 cm³/mol. The van der Waals surface area contributed by atoms with Crippen molar-refractivity contribution in [1.82, 2.24) is 5.32 Å². The highest BCUT2D eigenvalue weighted by Crippen LogP contribution is 2.10. The van der Waals surface area contributed by atoms with Crippen LogP contribution in [0.4, 0.5) is 0 Å². The summed E-state index contributed by atoms with van der Waals surface area (Å²) in [6.45, 7) is 2.81. The fourth-order valence-electron chi connectivity index (χ4n) is 1.35. The van der Waals surface area contributed by atoms with E-state index in [4.69, 9.17) is 9.68 Å². The van der Waals surface area contributed by atoms with Crippen molar-refractivity contribution in [3.63, 3.8) is 0 Å². The maximum atomic E-state index is 9.88. The van der Waals surface area contributed by atoms with Crippen LogP contribution >= 0.6 is 11.8 Å². The van der Waals surface area contributed by atoms with Gasteiger partial charge in [0.05, 0.1) is 12.1 Å². The van der Waals surface area contributed by atoms with E-state index in [1.165, 1.54) is 0 Å². The van der Waals surface area contributed by atoms with Gasteiger partial charge in [0.1, 0.15) is 11.8 Å². The first-order valence-electron chi connectivity index (χ1n) is 4.98. The monoisotopic (exact) mass is 240 g/mol. The van der Waals surface area contributed by atoms with Crippen LogP contribution in [0.25, 0.3) is 0 Å². The minimum atomic E-state index is -0.718. The number of hydrogen-bond donors (Lipinski definition) is 2. The summed E-state index contributed by atoms with van der Waals surface area (Å²) in [5, 5.41) is 21.5. The Labute approximate surface area is 99.6 Å². The van der Waals surface area contributed by atoms with Crippen LogP contribution in [0.15, 0.2) is 16.5 Å². The van der Waals surface area contributed by atoms with Crippen molar-refractivity contribution < 1.29 is 9.52 Å². The van der Waals surface area contributed by atoms with Gasteiger partial charge in [-0.15, -0.1) is 0 Å². The smallest absolute Gasteiger partial charge is 0.203 e. The fourth-order valence-corrected chi connectivity index (χ4v) is 2.07. The van der Waals surface area contributed by atoms with Crippen molar-refractivity contribution in [2.45, 2.75) is 19.1 Å². The van der Waals surface area contributed by atoms with E-state index in [0.29, 0.717) is 30.4 Å². The lowest BCUT2D eigenvalue weighted by Crippen LogP contribution is -2.39. The van der Waals surface area contributed by atoms with Gasteiger partial charge in [0, 0.05) is 12.3 Å². The number of hydrogen-bond acceptors (Lipinski definition) is 5. The second kappa shape index (κ2) is 5.94. The van der Waals surface area contributed by atoms with Gasteiger partial charge in [-0.2, -0.15) is 17.0 Å². The fraction of sp³-hybridized carbons (Fsp3) is 0.545. The molecule has 0 radical (unpaired) electrons. The molecular formula is C11H16N2O2S. The van der Waals surface area contributed by atoms with Gasteiger partial charge in [-0.05, 0) is 25.3 Å². The van der Waals surface area contributed by atoms with Gasteiger partial charge < -0.3 is 14.8 Å². The highest BCUT2D eigenvalue weighted by atomic mass is 32.2. The molecule has 1 unspecified atom stereocenters. The molecule has 0 fully saturated rings. The summed E-state index contributed by atoms with van der Waals surface area (Å²) in [5.41, 5.74) is -0.718. The molecule has 0 saturated heterocycles. The summed E-state index contributed by atoms with van der Waals surface area (Å²) < 4.78 is 5.20. The van der Waals surface area contributed by atoms with Crippen molar-refractivity contribution in [2.75, 3.05) is 18.6 Å². The lowest BCUT2D eigenvalue weighted by Gasteiger charge is -2.22. The van der Waals surface area contributed by atoms with Crippen molar-refractivity contribution in [3.05, 3.63) is 23.7 Å². The number of rotatable bonds is 6.